The van der Waals surface area contributed by atoms with E-state index in [4.69, 9.17) is 9.72 Å². The average molecular weight is 522 g/mol. The van der Waals surface area contributed by atoms with E-state index in [1.807, 2.05) is 6.92 Å². The molecule has 3 aliphatic rings. The summed E-state index contributed by atoms with van der Waals surface area (Å²) >= 11 is 0. The molecule has 2 aromatic heterocycles. The zero-order valence-corrected chi connectivity index (χ0v) is 21.4. The van der Waals surface area contributed by atoms with E-state index in [0.717, 1.165) is 22.1 Å². The zero-order chi connectivity index (χ0) is 27.1. The molecule has 2 N–H and O–H groups in total. The standard InChI is InChI=1S/C28H28FN3O6/c1-4-28(37)17-8-21-25-15(10-32(21)26(35)16(17)12-38-27(28)36)24-20(31(5-2)22(34)11-33)7-6-14-13(3)18(29)9-19(30-25)23(14)24/h8-9,20,33,37H,4-7,10-12H2,1-3H3/t20-,28-/m0/s1. The first-order chi connectivity index (χ1) is 18.2. The van der Waals surface area contributed by atoms with Crippen molar-refractivity contribution in [2.75, 3.05) is 13.2 Å². The summed E-state index contributed by atoms with van der Waals surface area (Å²) in [7, 11) is 0. The number of rotatable bonds is 4. The lowest BCUT2D eigenvalue weighted by Gasteiger charge is -2.36. The Morgan fingerprint density at radius 1 is 1.26 bits per heavy atom. The van der Waals surface area contributed by atoms with Gasteiger partial charge in [0.2, 0.25) is 5.91 Å². The SMILES string of the molecule is CCN(C(=O)CO)[C@H]1CCc2c(C)c(F)cc3nc4c(c1c23)Cn1c-4cc2c(c1=O)COC(=O)[C@]2(O)CC. The van der Waals surface area contributed by atoms with Gasteiger partial charge in [0.15, 0.2) is 5.60 Å². The van der Waals surface area contributed by atoms with Gasteiger partial charge in [0.1, 0.15) is 19.0 Å². The number of amides is 1. The molecule has 10 heteroatoms. The van der Waals surface area contributed by atoms with Gasteiger partial charge in [-0.15, -0.1) is 0 Å². The second-order valence-electron chi connectivity index (χ2n) is 10.2. The third-order valence-corrected chi connectivity index (χ3v) is 8.52. The summed E-state index contributed by atoms with van der Waals surface area (Å²) in [5.41, 5.74) is 2.27. The number of aryl methyl sites for hydroxylation is 1. The molecule has 1 aromatic carbocycles. The fourth-order valence-electron chi connectivity index (χ4n) is 6.50. The van der Waals surface area contributed by atoms with Gasteiger partial charge in [0.05, 0.1) is 35.1 Å². The Morgan fingerprint density at radius 2 is 2.03 bits per heavy atom. The highest BCUT2D eigenvalue weighted by Gasteiger charge is 2.46. The number of fused-ring (bicyclic) bond motifs is 5. The molecule has 2 atom stereocenters. The van der Waals surface area contributed by atoms with Crippen LogP contribution in [0, 0.1) is 12.7 Å². The number of carbonyl (C=O) groups is 2. The summed E-state index contributed by atoms with van der Waals surface area (Å²) in [6.45, 7) is 4.88. The molecule has 38 heavy (non-hydrogen) atoms. The number of cyclic esters (lactones) is 1. The fourth-order valence-corrected chi connectivity index (χ4v) is 6.50. The molecule has 2 aliphatic heterocycles. The Labute approximate surface area is 217 Å². The van der Waals surface area contributed by atoms with Gasteiger partial charge in [-0.3, -0.25) is 9.59 Å². The quantitative estimate of drug-likeness (QED) is 0.396. The van der Waals surface area contributed by atoms with Crippen molar-refractivity contribution in [1.29, 1.82) is 0 Å². The van der Waals surface area contributed by atoms with E-state index in [1.54, 1.807) is 29.4 Å². The Kier molecular flexibility index (Phi) is 5.48. The monoisotopic (exact) mass is 521 g/mol. The number of carbonyl (C=O) groups excluding carboxylic acids is 2. The third kappa shape index (κ3) is 3.10. The maximum absolute atomic E-state index is 15.0. The first-order valence-corrected chi connectivity index (χ1v) is 12.9. The van der Waals surface area contributed by atoms with E-state index in [0.29, 0.717) is 41.9 Å². The number of aromatic nitrogens is 2. The average Bonchev–Trinajstić information content (AvgIpc) is 3.29. The molecular weight excluding hydrogens is 493 g/mol. The van der Waals surface area contributed by atoms with Crippen LogP contribution in [0.25, 0.3) is 22.3 Å². The summed E-state index contributed by atoms with van der Waals surface area (Å²) < 4.78 is 21.7. The van der Waals surface area contributed by atoms with E-state index in [-0.39, 0.29) is 42.1 Å². The van der Waals surface area contributed by atoms with Gasteiger partial charge in [0.25, 0.3) is 5.56 Å². The molecule has 1 aliphatic carbocycles. The number of nitrogens with zero attached hydrogens (tertiary/aromatic N) is 3. The van der Waals surface area contributed by atoms with Crippen molar-refractivity contribution in [3.05, 3.63) is 61.7 Å². The lowest BCUT2D eigenvalue weighted by molar-refractivity contribution is -0.172. The maximum atomic E-state index is 15.0. The number of aliphatic hydroxyl groups is 2. The van der Waals surface area contributed by atoms with Crippen LogP contribution in [0.4, 0.5) is 4.39 Å². The number of pyridine rings is 2. The van der Waals surface area contributed by atoms with Crippen molar-refractivity contribution in [2.24, 2.45) is 0 Å². The number of halogens is 1. The van der Waals surface area contributed by atoms with Crippen molar-refractivity contribution in [2.45, 2.75) is 64.8 Å². The summed E-state index contributed by atoms with van der Waals surface area (Å²) in [6.07, 6.45) is 1.09. The first-order valence-electron chi connectivity index (χ1n) is 12.9. The summed E-state index contributed by atoms with van der Waals surface area (Å²) in [5, 5.41) is 21.6. The molecular formula is C28H28FN3O6. The molecule has 3 aromatic rings. The van der Waals surface area contributed by atoms with Gasteiger partial charge >= 0.3 is 5.97 Å². The van der Waals surface area contributed by atoms with Gasteiger partial charge in [0, 0.05) is 29.1 Å². The van der Waals surface area contributed by atoms with Gasteiger partial charge < -0.3 is 24.4 Å². The number of ether oxygens (including phenoxy) is 1. The van der Waals surface area contributed by atoms with Crippen molar-refractivity contribution in [1.82, 2.24) is 14.5 Å². The van der Waals surface area contributed by atoms with E-state index < -0.39 is 30.1 Å². The second-order valence-corrected chi connectivity index (χ2v) is 10.2. The molecule has 198 valence electrons. The van der Waals surface area contributed by atoms with Crippen molar-refractivity contribution in [3.8, 4) is 11.4 Å². The van der Waals surface area contributed by atoms with Crippen LogP contribution >= 0.6 is 0 Å². The van der Waals surface area contributed by atoms with Crippen molar-refractivity contribution < 1.29 is 28.9 Å². The number of hydrogen-bond acceptors (Lipinski definition) is 7. The van der Waals surface area contributed by atoms with Crippen LogP contribution in [0.15, 0.2) is 16.9 Å². The minimum Gasteiger partial charge on any atom is -0.458 e. The van der Waals surface area contributed by atoms with Gasteiger partial charge in [-0.25, -0.2) is 14.2 Å². The van der Waals surface area contributed by atoms with E-state index in [9.17, 15) is 24.6 Å². The van der Waals surface area contributed by atoms with Crippen LogP contribution in [-0.2, 0) is 39.5 Å². The fraction of sp³-hybridized carbons (Fsp3) is 0.429. The Hall–Kier alpha value is -3.63. The minimum absolute atomic E-state index is 0.0234. The zero-order valence-electron chi connectivity index (χ0n) is 21.4. The van der Waals surface area contributed by atoms with Crippen molar-refractivity contribution >= 4 is 22.8 Å². The van der Waals surface area contributed by atoms with Crippen molar-refractivity contribution in [3.63, 3.8) is 0 Å². The Morgan fingerprint density at radius 3 is 2.71 bits per heavy atom. The third-order valence-electron chi connectivity index (χ3n) is 8.52. The van der Waals surface area contributed by atoms with Crippen LogP contribution in [0.3, 0.4) is 0 Å². The second kappa shape index (κ2) is 8.44. The molecule has 0 saturated heterocycles. The van der Waals surface area contributed by atoms with Crippen LogP contribution < -0.4 is 5.56 Å². The number of aliphatic hydroxyl groups excluding tert-OH is 1. The van der Waals surface area contributed by atoms with Crippen LogP contribution in [0.2, 0.25) is 0 Å². The molecule has 0 unspecified atom stereocenters. The minimum atomic E-state index is -1.96. The van der Waals surface area contributed by atoms with Crippen LogP contribution in [0.1, 0.15) is 66.1 Å². The van der Waals surface area contributed by atoms with Crippen LogP contribution in [0.5, 0.6) is 0 Å². The Bertz CT molecular complexity index is 1630. The van der Waals surface area contributed by atoms with E-state index in [2.05, 4.69) is 0 Å². The largest absolute Gasteiger partial charge is 0.458 e. The number of benzene rings is 1. The first kappa shape index (κ1) is 24.7. The summed E-state index contributed by atoms with van der Waals surface area (Å²) in [4.78, 5) is 45.4. The van der Waals surface area contributed by atoms with Gasteiger partial charge in [-0.05, 0) is 55.9 Å². The summed E-state index contributed by atoms with van der Waals surface area (Å²) in [6, 6.07) is 2.61. The predicted octanol–water partition coefficient (Wildman–Crippen LogP) is 2.36. The molecule has 0 saturated carbocycles. The summed E-state index contributed by atoms with van der Waals surface area (Å²) in [5.74, 6) is -1.60. The highest BCUT2D eigenvalue weighted by atomic mass is 19.1. The molecule has 9 nitrogen and oxygen atoms in total. The van der Waals surface area contributed by atoms with Gasteiger partial charge in [-0.2, -0.15) is 0 Å². The number of hydrogen-bond donors (Lipinski definition) is 2. The lowest BCUT2D eigenvalue weighted by atomic mass is 9.81. The molecule has 6 rings (SSSR count). The molecule has 0 fully saturated rings. The van der Waals surface area contributed by atoms with E-state index >= 15 is 4.39 Å². The van der Waals surface area contributed by atoms with Gasteiger partial charge in [-0.1, -0.05) is 6.92 Å². The predicted molar refractivity (Wildman–Crippen MR) is 135 cm³/mol. The smallest absolute Gasteiger partial charge is 0.343 e. The highest BCUT2D eigenvalue weighted by molar-refractivity contribution is 5.94. The normalized spacial score (nSPS) is 21.1. The number of likely N-dealkylation sites (N-methyl/N-ethyl adjacent to an activating group) is 1. The topological polar surface area (TPSA) is 122 Å². The molecule has 0 radical (unpaired) electrons. The highest BCUT2D eigenvalue weighted by Crippen LogP contribution is 2.47. The molecule has 0 bridgehead atoms. The molecule has 1 amide bonds. The molecule has 0 spiro atoms. The Balaban J connectivity index is 1.68. The van der Waals surface area contributed by atoms with E-state index in [1.165, 1.54) is 6.07 Å². The maximum Gasteiger partial charge on any atom is 0.343 e. The number of esters is 1. The lowest BCUT2D eigenvalue weighted by Crippen LogP contribution is -2.44. The van der Waals surface area contributed by atoms with Crippen LogP contribution in [-0.4, -0.2) is 49.7 Å². The molecule has 4 heterocycles.